The number of rotatable bonds is 6. The standard InChI is InChI=1S/C12H15NO3S/c1-16-12(15)7-13-11(14)9-17-8-10-5-3-2-4-6-10/h2-6H,7-9H2,1H3,(H,13,14). The number of hydrogen-bond acceptors (Lipinski definition) is 4. The van der Waals surface area contributed by atoms with Crippen LogP contribution >= 0.6 is 11.8 Å². The lowest BCUT2D eigenvalue weighted by molar-refractivity contribution is -0.140. The van der Waals surface area contributed by atoms with Gasteiger partial charge in [0, 0.05) is 5.75 Å². The van der Waals surface area contributed by atoms with Crippen molar-refractivity contribution in [3.8, 4) is 0 Å². The van der Waals surface area contributed by atoms with Gasteiger partial charge in [0.25, 0.3) is 0 Å². The largest absolute Gasteiger partial charge is 0.468 e. The van der Waals surface area contributed by atoms with Crippen molar-refractivity contribution in [2.75, 3.05) is 19.4 Å². The highest BCUT2D eigenvalue weighted by atomic mass is 32.2. The van der Waals surface area contributed by atoms with E-state index >= 15 is 0 Å². The quantitative estimate of drug-likeness (QED) is 0.774. The van der Waals surface area contributed by atoms with Gasteiger partial charge in [-0.15, -0.1) is 11.8 Å². The van der Waals surface area contributed by atoms with Crippen LogP contribution in [0.2, 0.25) is 0 Å². The summed E-state index contributed by atoms with van der Waals surface area (Å²) in [4.78, 5) is 22.1. The van der Waals surface area contributed by atoms with Crippen LogP contribution in [0, 0.1) is 0 Å². The van der Waals surface area contributed by atoms with Crippen molar-refractivity contribution in [3.63, 3.8) is 0 Å². The molecule has 5 heteroatoms. The number of esters is 1. The topological polar surface area (TPSA) is 55.4 Å². The van der Waals surface area contributed by atoms with Crippen LogP contribution in [0.5, 0.6) is 0 Å². The number of thioether (sulfide) groups is 1. The smallest absolute Gasteiger partial charge is 0.325 e. The summed E-state index contributed by atoms with van der Waals surface area (Å²) in [5.74, 6) is 0.529. The summed E-state index contributed by atoms with van der Waals surface area (Å²) in [6.45, 7) is -0.0682. The summed E-state index contributed by atoms with van der Waals surface area (Å²) in [7, 11) is 1.29. The molecule has 0 fully saturated rings. The Morgan fingerprint density at radius 2 is 2.00 bits per heavy atom. The van der Waals surface area contributed by atoms with Crippen LogP contribution < -0.4 is 5.32 Å². The molecule has 0 unspecified atom stereocenters. The Balaban J connectivity index is 2.14. The Bertz CT molecular complexity index is 367. The van der Waals surface area contributed by atoms with Gasteiger partial charge in [-0.05, 0) is 5.56 Å². The number of carbonyl (C=O) groups is 2. The molecule has 0 atom stereocenters. The lowest BCUT2D eigenvalue weighted by Gasteiger charge is -2.03. The van der Waals surface area contributed by atoms with E-state index in [0.717, 1.165) is 5.75 Å². The van der Waals surface area contributed by atoms with E-state index in [0.29, 0.717) is 5.75 Å². The number of methoxy groups -OCH3 is 1. The number of hydrogen-bond donors (Lipinski definition) is 1. The zero-order valence-corrected chi connectivity index (χ0v) is 10.5. The van der Waals surface area contributed by atoms with Crippen molar-refractivity contribution in [1.82, 2.24) is 5.32 Å². The highest BCUT2D eigenvalue weighted by Crippen LogP contribution is 2.10. The van der Waals surface area contributed by atoms with Crippen molar-refractivity contribution in [3.05, 3.63) is 35.9 Å². The maximum atomic E-state index is 11.3. The number of carbonyl (C=O) groups excluding carboxylic acids is 2. The maximum Gasteiger partial charge on any atom is 0.325 e. The second-order valence-corrected chi connectivity index (χ2v) is 4.32. The van der Waals surface area contributed by atoms with E-state index in [9.17, 15) is 9.59 Å². The van der Waals surface area contributed by atoms with E-state index in [4.69, 9.17) is 0 Å². The number of nitrogens with one attached hydrogen (secondary N) is 1. The van der Waals surface area contributed by atoms with Crippen molar-refractivity contribution >= 4 is 23.6 Å². The molecule has 0 heterocycles. The minimum absolute atomic E-state index is 0.0682. The molecule has 0 bridgehead atoms. The van der Waals surface area contributed by atoms with E-state index < -0.39 is 5.97 Å². The van der Waals surface area contributed by atoms with Crippen LogP contribution in [0.15, 0.2) is 30.3 Å². The van der Waals surface area contributed by atoms with Gasteiger partial charge in [0.15, 0.2) is 0 Å². The first-order valence-corrected chi connectivity index (χ1v) is 6.33. The summed E-state index contributed by atoms with van der Waals surface area (Å²) in [6, 6.07) is 9.91. The predicted molar refractivity (Wildman–Crippen MR) is 67.6 cm³/mol. The van der Waals surface area contributed by atoms with E-state index in [1.807, 2.05) is 30.3 Å². The Kier molecular flexibility index (Phi) is 6.17. The van der Waals surface area contributed by atoms with Crippen LogP contribution in [0.25, 0.3) is 0 Å². The molecule has 4 nitrogen and oxygen atoms in total. The molecule has 1 rings (SSSR count). The summed E-state index contributed by atoms with van der Waals surface area (Å²) in [5.41, 5.74) is 1.18. The van der Waals surface area contributed by atoms with Crippen LogP contribution in [0.4, 0.5) is 0 Å². The first-order valence-electron chi connectivity index (χ1n) is 5.17. The monoisotopic (exact) mass is 253 g/mol. The molecule has 0 aromatic heterocycles. The number of amides is 1. The van der Waals surface area contributed by atoms with Crippen molar-refractivity contribution in [2.24, 2.45) is 0 Å². The average molecular weight is 253 g/mol. The molecule has 0 saturated carbocycles. The Labute approximate surface area is 105 Å². The van der Waals surface area contributed by atoms with E-state index in [-0.39, 0.29) is 12.5 Å². The summed E-state index contributed by atoms with van der Waals surface area (Å²) in [6.07, 6.45) is 0. The first kappa shape index (κ1) is 13.6. The summed E-state index contributed by atoms with van der Waals surface area (Å²) >= 11 is 1.51. The second kappa shape index (κ2) is 7.73. The van der Waals surface area contributed by atoms with E-state index in [1.165, 1.54) is 24.4 Å². The highest BCUT2D eigenvalue weighted by molar-refractivity contribution is 7.99. The summed E-state index contributed by atoms with van der Waals surface area (Å²) < 4.78 is 4.41. The molecule has 0 aliphatic heterocycles. The van der Waals surface area contributed by atoms with Crippen LogP contribution in [-0.2, 0) is 20.1 Å². The Morgan fingerprint density at radius 3 is 2.65 bits per heavy atom. The van der Waals surface area contributed by atoms with Gasteiger partial charge in [-0.3, -0.25) is 9.59 Å². The van der Waals surface area contributed by atoms with Crippen molar-refractivity contribution in [1.29, 1.82) is 0 Å². The van der Waals surface area contributed by atoms with Crippen LogP contribution in [-0.4, -0.2) is 31.3 Å². The van der Waals surface area contributed by atoms with Gasteiger partial charge < -0.3 is 10.1 Å². The van der Waals surface area contributed by atoms with Gasteiger partial charge in [-0.2, -0.15) is 0 Å². The molecule has 0 aliphatic rings. The van der Waals surface area contributed by atoms with Gasteiger partial charge >= 0.3 is 5.97 Å². The molecule has 0 aliphatic carbocycles. The van der Waals surface area contributed by atoms with Gasteiger partial charge in [-0.25, -0.2) is 0 Å². The fourth-order valence-electron chi connectivity index (χ4n) is 1.13. The van der Waals surface area contributed by atoms with Gasteiger partial charge in [0.2, 0.25) is 5.91 Å². The van der Waals surface area contributed by atoms with Crippen LogP contribution in [0.1, 0.15) is 5.56 Å². The Morgan fingerprint density at radius 1 is 1.29 bits per heavy atom. The highest BCUT2D eigenvalue weighted by Gasteiger charge is 2.05. The zero-order chi connectivity index (χ0) is 12.5. The third-order valence-corrected chi connectivity index (χ3v) is 3.01. The zero-order valence-electron chi connectivity index (χ0n) is 9.64. The first-order chi connectivity index (χ1) is 8.22. The third kappa shape index (κ3) is 5.97. The maximum absolute atomic E-state index is 11.3. The summed E-state index contributed by atoms with van der Waals surface area (Å²) in [5, 5.41) is 2.49. The fraction of sp³-hybridized carbons (Fsp3) is 0.333. The number of benzene rings is 1. The Hall–Kier alpha value is -1.49. The normalized spacial score (nSPS) is 9.71. The molecule has 1 amide bonds. The van der Waals surface area contributed by atoms with Gasteiger partial charge in [0.1, 0.15) is 6.54 Å². The number of ether oxygens (including phenoxy) is 1. The van der Waals surface area contributed by atoms with Crippen LogP contribution in [0.3, 0.4) is 0 Å². The molecular weight excluding hydrogens is 238 g/mol. The lowest BCUT2D eigenvalue weighted by atomic mass is 10.2. The minimum atomic E-state index is -0.439. The fourth-order valence-corrected chi connectivity index (χ4v) is 1.95. The predicted octanol–water partition coefficient (Wildman–Crippen LogP) is 1.21. The molecule has 17 heavy (non-hydrogen) atoms. The van der Waals surface area contributed by atoms with Gasteiger partial charge in [-0.1, -0.05) is 30.3 Å². The van der Waals surface area contributed by atoms with E-state index in [1.54, 1.807) is 0 Å². The van der Waals surface area contributed by atoms with E-state index in [2.05, 4.69) is 10.1 Å². The lowest BCUT2D eigenvalue weighted by Crippen LogP contribution is -2.31. The van der Waals surface area contributed by atoms with Gasteiger partial charge in [0.05, 0.1) is 12.9 Å². The molecule has 1 aromatic rings. The molecule has 92 valence electrons. The molecule has 0 saturated heterocycles. The van der Waals surface area contributed by atoms with Crippen molar-refractivity contribution in [2.45, 2.75) is 5.75 Å². The minimum Gasteiger partial charge on any atom is -0.468 e. The molecule has 1 N–H and O–H groups in total. The molecule has 1 aromatic carbocycles. The third-order valence-electron chi connectivity index (χ3n) is 2.00. The molecular formula is C12H15NO3S. The second-order valence-electron chi connectivity index (χ2n) is 3.33. The SMILES string of the molecule is COC(=O)CNC(=O)CSCc1ccccc1. The molecule has 0 radical (unpaired) electrons. The average Bonchev–Trinajstić information content (AvgIpc) is 2.37. The van der Waals surface area contributed by atoms with Crippen molar-refractivity contribution < 1.29 is 14.3 Å². The molecule has 0 spiro atoms.